The van der Waals surface area contributed by atoms with Gasteiger partial charge in [0.05, 0.1) is 0 Å². The van der Waals surface area contributed by atoms with E-state index in [2.05, 4.69) is 30.1 Å². The normalized spacial score (nSPS) is 10.7. The van der Waals surface area contributed by atoms with E-state index in [0.717, 1.165) is 35.7 Å². The van der Waals surface area contributed by atoms with Gasteiger partial charge < -0.3 is 25.8 Å². The molecule has 0 atom stereocenters. The van der Waals surface area contributed by atoms with Crippen molar-refractivity contribution in [3.8, 4) is 11.5 Å². The molecule has 0 saturated carbocycles. The summed E-state index contributed by atoms with van der Waals surface area (Å²) in [5.41, 5.74) is 8.46. The fourth-order valence-corrected chi connectivity index (χ4v) is 2.61. The van der Waals surface area contributed by atoms with E-state index in [1.807, 2.05) is 30.3 Å². The number of nitrogens with one attached hydrogen (secondary N) is 1. The summed E-state index contributed by atoms with van der Waals surface area (Å²) in [7, 11) is 0. The van der Waals surface area contributed by atoms with Crippen LogP contribution in [0.25, 0.3) is 6.08 Å². The highest BCUT2D eigenvalue weighted by atomic mass is 32.1. The predicted molar refractivity (Wildman–Crippen MR) is 111 cm³/mol. The van der Waals surface area contributed by atoms with Crippen molar-refractivity contribution < 1.29 is 9.84 Å². The molecule has 0 amide bonds. The van der Waals surface area contributed by atoms with Crippen molar-refractivity contribution in [2.24, 2.45) is 5.73 Å². The van der Waals surface area contributed by atoms with Crippen molar-refractivity contribution >= 4 is 29.1 Å². The molecule has 2 aromatic rings. The molecule has 2 aromatic carbocycles. The average Bonchev–Trinajstić information content (AvgIpc) is 2.63. The lowest BCUT2D eigenvalue weighted by Gasteiger charge is -2.22. The second-order valence-electron chi connectivity index (χ2n) is 5.69. The van der Waals surface area contributed by atoms with E-state index in [0.29, 0.717) is 6.61 Å². The summed E-state index contributed by atoms with van der Waals surface area (Å²) in [5.74, 6) is 1.01. The van der Waals surface area contributed by atoms with Crippen LogP contribution in [-0.4, -0.2) is 23.3 Å². The third-order valence-electron chi connectivity index (χ3n) is 3.94. The first-order chi connectivity index (χ1) is 12.5. The molecule has 0 aromatic heterocycles. The number of hydrogen-bond acceptors (Lipinski definition) is 4. The zero-order valence-electron chi connectivity index (χ0n) is 15.1. The summed E-state index contributed by atoms with van der Waals surface area (Å²) < 4.78 is 6.05. The quantitative estimate of drug-likeness (QED) is 0.616. The Morgan fingerprint density at radius 3 is 2.50 bits per heavy atom. The van der Waals surface area contributed by atoms with Crippen LogP contribution >= 0.6 is 12.2 Å². The predicted octanol–water partition coefficient (Wildman–Crippen LogP) is 3.62. The zero-order chi connectivity index (χ0) is 18.9. The Bertz CT molecular complexity index is 756. The Kier molecular flexibility index (Phi) is 7.29. The Balaban J connectivity index is 2.24. The molecule has 0 aliphatic heterocycles. The number of nitrogens with two attached hydrogens (primary N) is 1. The number of ether oxygens (including phenoxy) is 1. The lowest BCUT2D eigenvalue weighted by molar-refractivity contribution is 0.305. The largest absolute Gasteiger partial charge is 0.508 e. The van der Waals surface area contributed by atoms with Crippen LogP contribution in [0, 0.1) is 0 Å². The number of hydrogen-bond donors (Lipinski definition) is 3. The fourth-order valence-electron chi connectivity index (χ4n) is 2.54. The molecule has 0 radical (unpaired) electrons. The smallest absolute Gasteiger partial charge is 0.167 e. The molecular weight excluding hydrogens is 346 g/mol. The summed E-state index contributed by atoms with van der Waals surface area (Å²) in [6.07, 6.45) is 3.57. The molecular formula is C20H25N3O2S. The molecule has 4 N–H and O–H groups in total. The summed E-state index contributed by atoms with van der Waals surface area (Å²) in [6, 6.07) is 13.1. The van der Waals surface area contributed by atoms with E-state index in [9.17, 15) is 5.11 Å². The van der Waals surface area contributed by atoms with Gasteiger partial charge in [-0.15, -0.1) is 0 Å². The number of rotatable bonds is 8. The molecule has 0 saturated heterocycles. The van der Waals surface area contributed by atoms with Gasteiger partial charge >= 0.3 is 0 Å². The monoisotopic (exact) mass is 371 g/mol. The van der Waals surface area contributed by atoms with E-state index in [4.69, 9.17) is 22.7 Å². The third-order valence-corrected chi connectivity index (χ3v) is 4.06. The van der Waals surface area contributed by atoms with Crippen LogP contribution in [0.5, 0.6) is 11.5 Å². The van der Waals surface area contributed by atoms with Crippen molar-refractivity contribution in [2.45, 2.75) is 20.5 Å². The Morgan fingerprint density at radius 1 is 1.19 bits per heavy atom. The van der Waals surface area contributed by atoms with Gasteiger partial charge in [0.15, 0.2) is 5.11 Å². The maximum absolute atomic E-state index is 9.40. The molecule has 0 spiro atoms. The van der Waals surface area contributed by atoms with E-state index in [-0.39, 0.29) is 10.9 Å². The fraction of sp³-hybridized carbons (Fsp3) is 0.250. The first kappa shape index (κ1) is 19.6. The standard InChI is InChI=1S/C20H25N3O2S/c1-3-23(4-2)17-8-7-16(11-12-22-20(21)26)19(13-17)25-14-15-5-9-18(24)10-6-15/h5-13,24H,3-4,14H2,1-2H3,(H3,21,22,26). The summed E-state index contributed by atoms with van der Waals surface area (Å²) >= 11 is 4.81. The van der Waals surface area contributed by atoms with Gasteiger partial charge in [-0.25, -0.2) is 0 Å². The molecule has 0 aliphatic rings. The highest BCUT2D eigenvalue weighted by molar-refractivity contribution is 7.80. The molecule has 0 aliphatic carbocycles. The van der Waals surface area contributed by atoms with Crippen LogP contribution in [0.3, 0.4) is 0 Å². The van der Waals surface area contributed by atoms with Crippen LogP contribution in [0.15, 0.2) is 48.7 Å². The van der Waals surface area contributed by atoms with E-state index < -0.39 is 0 Å². The molecule has 5 nitrogen and oxygen atoms in total. The lowest BCUT2D eigenvalue weighted by atomic mass is 10.1. The average molecular weight is 372 g/mol. The molecule has 0 fully saturated rings. The maximum Gasteiger partial charge on any atom is 0.167 e. The minimum atomic E-state index is 0.215. The summed E-state index contributed by atoms with van der Waals surface area (Å²) in [4.78, 5) is 2.26. The van der Waals surface area contributed by atoms with Crippen LogP contribution < -0.4 is 20.7 Å². The van der Waals surface area contributed by atoms with Crippen LogP contribution in [0.1, 0.15) is 25.0 Å². The summed E-state index contributed by atoms with van der Waals surface area (Å²) in [6.45, 7) is 6.50. The lowest BCUT2D eigenvalue weighted by Crippen LogP contribution is -2.23. The van der Waals surface area contributed by atoms with Crippen LogP contribution in [-0.2, 0) is 6.61 Å². The van der Waals surface area contributed by atoms with E-state index >= 15 is 0 Å². The van der Waals surface area contributed by atoms with Gasteiger partial charge in [-0.05, 0) is 62.0 Å². The zero-order valence-corrected chi connectivity index (χ0v) is 15.9. The van der Waals surface area contributed by atoms with Gasteiger partial charge in [-0.1, -0.05) is 12.1 Å². The van der Waals surface area contributed by atoms with Gasteiger partial charge in [-0.2, -0.15) is 0 Å². The van der Waals surface area contributed by atoms with E-state index in [1.165, 1.54) is 0 Å². The second kappa shape index (κ2) is 9.68. The number of aromatic hydroxyl groups is 1. The van der Waals surface area contributed by atoms with Crippen molar-refractivity contribution in [3.63, 3.8) is 0 Å². The minimum Gasteiger partial charge on any atom is -0.508 e. The number of nitrogens with zero attached hydrogens (tertiary/aromatic N) is 1. The molecule has 0 heterocycles. The van der Waals surface area contributed by atoms with Crippen LogP contribution in [0.2, 0.25) is 0 Å². The Hall–Kier alpha value is -2.73. The van der Waals surface area contributed by atoms with Gasteiger partial charge in [0, 0.05) is 36.6 Å². The number of thiocarbonyl (C=S) groups is 1. The first-order valence-corrected chi connectivity index (χ1v) is 8.96. The first-order valence-electron chi connectivity index (χ1n) is 8.55. The Morgan fingerprint density at radius 2 is 1.88 bits per heavy atom. The number of anilines is 1. The number of phenols is 1. The molecule has 138 valence electrons. The topological polar surface area (TPSA) is 70.8 Å². The second-order valence-corrected chi connectivity index (χ2v) is 6.13. The third kappa shape index (κ3) is 5.67. The van der Waals surface area contributed by atoms with E-state index in [1.54, 1.807) is 18.3 Å². The molecule has 0 bridgehead atoms. The van der Waals surface area contributed by atoms with Gasteiger partial charge in [0.25, 0.3) is 0 Å². The highest BCUT2D eigenvalue weighted by Gasteiger charge is 2.08. The summed E-state index contributed by atoms with van der Waals surface area (Å²) in [5, 5.41) is 12.4. The van der Waals surface area contributed by atoms with Gasteiger partial charge in [0.1, 0.15) is 18.1 Å². The number of benzene rings is 2. The van der Waals surface area contributed by atoms with Gasteiger partial charge in [-0.3, -0.25) is 0 Å². The molecule has 2 rings (SSSR count). The maximum atomic E-state index is 9.40. The SMILES string of the molecule is CCN(CC)c1ccc(C=CNC(N)=S)c(OCc2ccc(O)cc2)c1. The van der Waals surface area contributed by atoms with Crippen molar-refractivity contribution in [1.29, 1.82) is 0 Å². The van der Waals surface area contributed by atoms with Crippen molar-refractivity contribution in [1.82, 2.24) is 5.32 Å². The molecule has 26 heavy (non-hydrogen) atoms. The van der Waals surface area contributed by atoms with Gasteiger partial charge in [0.2, 0.25) is 0 Å². The minimum absolute atomic E-state index is 0.215. The number of phenolic OH excluding ortho intramolecular Hbond substituents is 1. The molecule has 0 unspecified atom stereocenters. The van der Waals surface area contributed by atoms with Crippen LogP contribution in [0.4, 0.5) is 5.69 Å². The Labute approximate surface area is 160 Å². The van der Waals surface area contributed by atoms with Crippen molar-refractivity contribution in [3.05, 3.63) is 59.8 Å². The van der Waals surface area contributed by atoms with Crippen molar-refractivity contribution in [2.75, 3.05) is 18.0 Å². The molecule has 6 heteroatoms. The highest BCUT2D eigenvalue weighted by Crippen LogP contribution is 2.28.